The summed E-state index contributed by atoms with van der Waals surface area (Å²) >= 11 is 0. The zero-order valence-corrected chi connectivity index (χ0v) is 8.95. The van der Waals surface area contributed by atoms with Crippen LogP contribution in [0.3, 0.4) is 0 Å². The highest BCUT2D eigenvalue weighted by molar-refractivity contribution is 6.19. The van der Waals surface area contributed by atoms with Crippen LogP contribution >= 0.6 is 0 Å². The van der Waals surface area contributed by atoms with Crippen LogP contribution in [-0.2, 0) is 9.59 Å². The maximum atomic E-state index is 11.7. The summed E-state index contributed by atoms with van der Waals surface area (Å²) in [5.74, 6) is -0.177. The van der Waals surface area contributed by atoms with Crippen molar-refractivity contribution >= 4 is 11.6 Å². The maximum absolute atomic E-state index is 11.7. The van der Waals surface area contributed by atoms with Gasteiger partial charge in [0.25, 0.3) is 0 Å². The topological polar surface area (TPSA) is 58.2 Å². The van der Waals surface area contributed by atoms with E-state index in [1.165, 1.54) is 12.2 Å². The number of carbonyl (C=O) groups is 2. The molecule has 0 amide bonds. The van der Waals surface area contributed by atoms with Crippen molar-refractivity contribution in [3.05, 3.63) is 23.5 Å². The molecule has 0 saturated heterocycles. The first-order valence-electron chi connectivity index (χ1n) is 5.77. The summed E-state index contributed by atoms with van der Waals surface area (Å²) in [6.07, 6.45) is 7.22. The second-order valence-electron chi connectivity index (χ2n) is 4.68. The normalized spacial score (nSPS) is 25.0. The van der Waals surface area contributed by atoms with Crippen molar-refractivity contribution in [2.75, 3.05) is 0 Å². The number of hydrogen-bond donors (Lipinski definition) is 2. The minimum Gasteiger partial charge on any atom is -0.379 e. The summed E-state index contributed by atoms with van der Waals surface area (Å²) in [6.45, 7) is 0. The van der Waals surface area contributed by atoms with Gasteiger partial charge in [0.05, 0.1) is 11.4 Å². The quantitative estimate of drug-likeness (QED) is 0.671. The van der Waals surface area contributed by atoms with E-state index in [4.69, 9.17) is 0 Å². The minimum atomic E-state index is -0.0883. The molecule has 0 aliphatic heterocycles. The molecule has 0 aromatic carbocycles. The molecule has 2 N–H and O–H groups in total. The van der Waals surface area contributed by atoms with Gasteiger partial charge in [-0.3, -0.25) is 9.59 Å². The summed E-state index contributed by atoms with van der Waals surface area (Å²) in [4.78, 5) is 23.4. The van der Waals surface area contributed by atoms with Gasteiger partial charge < -0.3 is 10.6 Å². The Morgan fingerprint density at radius 2 is 1.19 bits per heavy atom. The van der Waals surface area contributed by atoms with Gasteiger partial charge in [-0.15, -0.1) is 0 Å². The highest BCUT2D eigenvalue weighted by Gasteiger charge is 2.29. The fraction of sp³-hybridized carbons (Fsp3) is 0.500. The Kier molecular flexibility index (Phi) is 2.09. The van der Waals surface area contributed by atoms with Crippen molar-refractivity contribution in [1.29, 1.82) is 0 Å². The molecule has 0 bridgehead atoms. The molecule has 0 spiro atoms. The van der Waals surface area contributed by atoms with Crippen molar-refractivity contribution in [1.82, 2.24) is 10.6 Å². The number of nitrogens with one attached hydrogen (secondary N) is 2. The van der Waals surface area contributed by atoms with Gasteiger partial charge in [0, 0.05) is 24.2 Å². The van der Waals surface area contributed by atoms with Crippen molar-refractivity contribution in [2.24, 2.45) is 0 Å². The van der Waals surface area contributed by atoms with Gasteiger partial charge in [-0.25, -0.2) is 0 Å². The molecule has 0 heterocycles. The highest BCUT2D eigenvalue weighted by atomic mass is 16.1. The van der Waals surface area contributed by atoms with Gasteiger partial charge in [-0.1, -0.05) is 0 Å². The summed E-state index contributed by atoms with van der Waals surface area (Å²) in [7, 11) is 0. The zero-order chi connectivity index (χ0) is 11.1. The fourth-order valence-corrected chi connectivity index (χ4v) is 1.68. The second kappa shape index (κ2) is 3.47. The molecule has 0 radical (unpaired) electrons. The highest BCUT2D eigenvalue weighted by Crippen LogP contribution is 2.23. The largest absolute Gasteiger partial charge is 0.379 e. The molecule has 3 aliphatic rings. The molecule has 4 nitrogen and oxygen atoms in total. The lowest BCUT2D eigenvalue weighted by Gasteiger charge is -2.14. The monoisotopic (exact) mass is 218 g/mol. The third-order valence-electron chi connectivity index (χ3n) is 2.96. The Morgan fingerprint density at radius 3 is 1.50 bits per heavy atom. The number of rotatable bonds is 4. The van der Waals surface area contributed by atoms with E-state index in [9.17, 15) is 9.59 Å². The van der Waals surface area contributed by atoms with Crippen LogP contribution in [0.1, 0.15) is 25.7 Å². The average molecular weight is 218 g/mol. The number of carbonyl (C=O) groups excluding carboxylic acids is 2. The molecule has 0 unspecified atom stereocenters. The molecule has 4 heteroatoms. The third kappa shape index (κ3) is 2.01. The molecule has 16 heavy (non-hydrogen) atoms. The van der Waals surface area contributed by atoms with Gasteiger partial charge in [-0.05, 0) is 25.7 Å². The SMILES string of the molecule is O=C1C=C(NC2CC2)C(=O)C=C1NC1CC1. The molecule has 3 aliphatic carbocycles. The molecule has 2 saturated carbocycles. The van der Waals surface area contributed by atoms with Gasteiger partial charge in [0.1, 0.15) is 0 Å². The Balaban J connectivity index is 1.70. The second-order valence-corrected chi connectivity index (χ2v) is 4.68. The molecule has 0 aromatic heterocycles. The molecule has 0 aromatic rings. The first kappa shape index (κ1) is 9.63. The van der Waals surface area contributed by atoms with Crippen molar-refractivity contribution < 1.29 is 9.59 Å². The van der Waals surface area contributed by atoms with Gasteiger partial charge >= 0.3 is 0 Å². The summed E-state index contributed by atoms with van der Waals surface area (Å²) < 4.78 is 0. The minimum absolute atomic E-state index is 0.0883. The number of ketones is 2. The van der Waals surface area contributed by atoms with Gasteiger partial charge in [0.2, 0.25) is 11.6 Å². The van der Waals surface area contributed by atoms with E-state index in [1.54, 1.807) is 0 Å². The Labute approximate surface area is 93.8 Å². The molecule has 3 rings (SSSR count). The van der Waals surface area contributed by atoms with Crippen LogP contribution in [0, 0.1) is 0 Å². The lowest BCUT2D eigenvalue weighted by atomic mass is 10.1. The lowest BCUT2D eigenvalue weighted by Crippen LogP contribution is -2.30. The van der Waals surface area contributed by atoms with Crippen LogP contribution in [0.15, 0.2) is 23.5 Å². The van der Waals surface area contributed by atoms with Gasteiger partial charge in [-0.2, -0.15) is 0 Å². The first-order valence-corrected chi connectivity index (χ1v) is 5.77. The molecule has 2 fully saturated rings. The van der Waals surface area contributed by atoms with E-state index >= 15 is 0 Å². The average Bonchev–Trinajstić information content (AvgIpc) is 3.08. The lowest BCUT2D eigenvalue weighted by molar-refractivity contribution is -0.115. The van der Waals surface area contributed by atoms with Crippen LogP contribution in [0.4, 0.5) is 0 Å². The van der Waals surface area contributed by atoms with Crippen LogP contribution < -0.4 is 10.6 Å². The summed E-state index contributed by atoms with van der Waals surface area (Å²) in [5, 5.41) is 6.16. The van der Waals surface area contributed by atoms with Gasteiger partial charge in [0.15, 0.2) is 0 Å². The first-order chi connectivity index (χ1) is 7.72. The van der Waals surface area contributed by atoms with Crippen LogP contribution in [-0.4, -0.2) is 23.7 Å². The number of hydrogen-bond acceptors (Lipinski definition) is 4. The van der Waals surface area contributed by atoms with Crippen LogP contribution in [0.5, 0.6) is 0 Å². The van der Waals surface area contributed by atoms with E-state index in [0.717, 1.165) is 25.7 Å². The van der Waals surface area contributed by atoms with Crippen molar-refractivity contribution in [3.8, 4) is 0 Å². The Bertz CT molecular complexity index is 375. The van der Waals surface area contributed by atoms with E-state index in [1.807, 2.05) is 0 Å². The summed E-state index contributed by atoms with van der Waals surface area (Å²) in [5.41, 5.74) is 0.905. The standard InChI is InChI=1S/C12H14N2O2/c15-11-6-10(14-8-3-4-8)12(16)5-9(11)13-7-1-2-7/h5-8,13-14H,1-4H2. The van der Waals surface area contributed by atoms with Crippen molar-refractivity contribution in [3.63, 3.8) is 0 Å². The summed E-state index contributed by atoms with van der Waals surface area (Å²) in [6, 6.07) is 0.795. The van der Waals surface area contributed by atoms with E-state index in [0.29, 0.717) is 23.5 Å². The van der Waals surface area contributed by atoms with Crippen LogP contribution in [0.2, 0.25) is 0 Å². The Hall–Kier alpha value is -1.58. The fourth-order valence-electron chi connectivity index (χ4n) is 1.68. The van der Waals surface area contributed by atoms with E-state index in [2.05, 4.69) is 10.6 Å². The Morgan fingerprint density at radius 1 is 0.812 bits per heavy atom. The third-order valence-corrected chi connectivity index (χ3v) is 2.96. The zero-order valence-electron chi connectivity index (χ0n) is 8.95. The predicted molar refractivity (Wildman–Crippen MR) is 58.5 cm³/mol. The predicted octanol–water partition coefficient (Wildman–Crippen LogP) is 0.410. The van der Waals surface area contributed by atoms with E-state index < -0.39 is 0 Å². The molecular formula is C12H14N2O2. The number of allylic oxidation sites excluding steroid dienone is 2. The molecule has 84 valence electrons. The van der Waals surface area contributed by atoms with E-state index in [-0.39, 0.29) is 11.6 Å². The molecule has 0 atom stereocenters. The van der Waals surface area contributed by atoms with Crippen molar-refractivity contribution in [2.45, 2.75) is 37.8 Å². The smallest absolute Gasteiger partial charge is 0.203 e. The molecular weight excluding hydrogens is 204 g/mol. The van der Waals surface area contributed by atoms with Crippen LogP contribution in [0.25, 0.3) is 0 Å². The maximum Gasteiger partial charge on any atom is 0.203 e.